The van der Waals surface area contributed by atoms with Crippen LogP contribution in [0.2, 0.25) is 0 Å². The molecule has 4 heteroatoms. The van der Waals surface area contributed by atoms with Gasteiger partial charge in [-0.3, -0.25) is 9.59 Å². The predicted octanol–water partition coefficient (Wildman–Crippen LogP) is 4.26. The lowest BCUT2D eigenvalue weighted by molar-refractivity contribution is -0.155. The molecule has 0 aromatic heterocycles. The number of benzene rings is 2. The van der Waals surface area contributed by atoms with E-state index >= 15 is 0 Å². The molecule has 1 amide bonds. The number of esters is 1. The number of nitrogens with one attached hydrogen (secondary N) is 1. The van der Waals surface area contributed by atoms with Crippen LogP contribution in [-0.4, -0.2) is 24.5 Å². The average Bonchev–Trinajstić information content (AvgIpc) is 2.76. The number of amides is 1. The first kappa shape index (κ1) is 23.2. The van der Waals surface area contributed by atoms with Gasteiger partial charge in [-0.1, -0.05) is 86.7 Å². The molecule has 1 atom stereocenters. The Hall–Kier alpha value is -3.06. The van der Waals surface area contributed by atoms with Gasteiger partial charge in [-0.2, -0.15) is 0 Å². The van der Waals surface area contributed by atoms with Crippen LogP contribution in [-0.2, 0) is 33.6 Å². The van der Waals surface area contributed by atoms with Crippen molar-refractivity contribution in [1.29, 1.82) is 0 Å². The fourth-order valence-electron chi connectivity index (χ4n) is 3.21. The van der Waals surface area contributed by atoms with E-state index < -0.39 is 12.1 Å². The van der Waals surface area contributed by atoms with Gasteiger partial charge in [-0.05, 0) is 29.5 Å². The summed E-state index contributed by atoms with van der Waals surface area (Å²) in [5, 5.41) is 2.61. The average molecular weight is 406 g/mol. The van der Waals surface area contributed by atoms with Gasteiger partial charge in [0.1, 0.15) is 0 Å². The molecule has 0 saturated carbocycles. The second-order valence-corrected chi connectivity index (χ2v) is 7.39. The van der Waals surface area contributed by atoms with Gasteiger partial charge in [0.15, 0.2) is 6.10 Å². The number of rotatable bonds is 12. The third-order valence-corrected chi connectivity index (χ3v) is 4.89. The maximum absolute atomic E-state index is 12.5. The Balaban J connectivity index is 1.92. The highest BCUT2D eigenvalue weighted by molar-refractivity contribution is 5.84. The Morgan fingerprint density at radius 2 is 1.67 bits per heavy atom. The zero-order chi connectivity index (χ0) is 21.6. The van der Waals surface area contributed by atoms with Crippen molar-refractivity contribution in [3.8, 4) is 12.3 Å². The van der Waals surface area contributed by atoms with E-state index in [1.54, 1.807) is 0 Å². The van der Waals surface area contributed by atoms with E-state index in [0.29, 0.717) is 6.42 Å². The molecule has 2 aromatic carbocycles. The molecule has 0 unspecified atom stereocenters. The minimum Gasteiger partial charge on any atom is -0.452 e. The summed E-state index contributed by atoms with van der Waals surface area (Å²) in [6.07, 6.45) is 10.7. The SMILES string of the molecule is C#CCNC(=O)[C@H](Cc1ccccc1)OC(=O)Cc1ccc(CCCCCC)cc1. The lowest BCUT2D eigenvalue weighted by Crippen LogP contribution is -2.39. The van der Waals surface area contributed by atoms with Crippen molar-refractivity contribution in [2.24, 2.45) is 0 Å². The minimum absolute atomic E-state index is 0.0986. The van der Waals surface area contributed by atoms with Crippen LogP contribution in [0.3, 0.4) is 0 Å². The monoisotopic (exact) mass is 405 g/mol. The molecule has 2 aromatic rings. The third-order valence-electron chi connectivity index (χ3n) is 4.89. The molecule has 4 nitrogen and oxygen atoms in total. The fourth-order valence-corrected chi connectivity index (χ4v) is 3.21. The van der Waals surface area contributed by atoms with Gasteiger partial charge in [0.25, 0.3) is 5.91 Å². The Bertz CT molecular complexity index is 822. The van der Waals surface area contributed by atoms with Crippen LogP contribution >= 0.6 is 0 Å². The molecule has 0 aliphatic heterocycles. The largest absolute Gasteiger partial charge is 0.452 e. The Kier molecular flexibility index (Phi) is 10.2. The van der Waals surface area contributed by atoms with Gasteiger partial charge < -0.3 is 10.1 Å². The number of carbonyl (C=O) groups excluding carboxylic acids is 2. The van der Waals surface area contributed by atoms with Crippen LogP contribution in [0.15, 0.2) is 54.6 Å². The summed E-state index contributed by atoms with van der Waals surface area (Å²) < 4.78 is 5.52. The molecule has 30 heavy (non-hydrogen) atoms. The number of hydrogen-bond donors (Lipinski definition) is 1. The molecule has 0 spiro atoms. The van der Waals surface area contributed by atoms with Gasteiger partial charge >= 0.3 is 5.97 Å². The Labute approximate surface area is 180 Å². The van der Waals surface area contributed by atoms with E-state index in [4.69, 9.17) is 11.2 Å². The van der Waals surface area contributed by atoms with Crippen LogP contribution in [0, 0.1) is 12.3 Å². The highest BCUT2D eigenvalue weighted by Crippen LogP contribution is 2.12. The van der Waals surface area contributed by atoms with Gasteiger partial charge in [-0.15, -0.1) is 6.42 Å². The van der Waals surface area contributed by atoms with Gasteiger partial charge in [-0.25, -0.2) is 0 Å². The lowest BCUT2D eigenvalue weighted by Gasteiger charge is -2.17. The highest BCUT2D eigenvalue weighted by Gasteiger charge is 2.23. The molecule has 0 radical (unpaired) electrons. The van der Waals surface area contributed by atoms with Crippen LogP contribution in [0.25, 0.3) is 0 Å². The van der Waals surface area contributed by atoms with Crippen molar-refractivity contribution in [1.82, 2.24) is 5.32 Å². The lowest BCUT2D eigenvalue weighted by atomic mass is 10.0. The molecule has 1 N–H and O–H groups in total. The van der Waals surface area contributed by atoms with Crippen LogP contribution < -0.4 is 5.32 Å². The molecule has 0 heterocycles. The van der Waals surface area contributed by atoms with Crippen molar-refractivity contribution in [3.05, 3.63) is 71.3 Å². The molecular formula is C26H31NO3. The Morgan fingerprint density at radius 3 is 2.33 bits per heavy atom. The zero-order valence-electron chi connectivity index (χ0n) is 17.7. The first-order valence-electron chi connectivity index (χ1n) is 10.6. The van der Waals surface area contributed by atoms with E-state index in [2.05, 4.69) is 30.3 Å². The number of carbonyl (C=O) groups is 2. The molecule has 0 aliphatic carbocycles. The molecule has 0 fully saturated rings. The smallest absolute Gasteiger partial charge is 0.311 e. The van der Waals surface area contributed by atoms with Crippen molar-refractivity contribution in [3.63, 3.8) is 0 Å². The van der Waals surface area contributed by atoms with E-state index in [9.17, 15) is 9.59 Å². The van der Waals surface area contributed by atoms with E-state index in [1.165, 1.54) is 31.2 Å². The van der Waals surface area contributed by atoms with Gasteiger partial charge in [0.2, 0.25) is 0 Å². The number of terminal acetylenes is 1. The van der Waals surface area contributed by atoms with Gasteiger partial charge in [0.05, 0.1) is 13.0 Å². The summed E-state index contributed by atoms with van der Waals surface area (Å²) in [6.45, 7) is 2.30. The third kappa shape index (κ3) is 8.53. The fraction of sp³-hybridized carbons (Fsp3) is 0.385. The number of ether oxygens (including phenoxy) is 1. The second-order valence-electron chi connectivity index (χ2n) is 7.39. The molecule has 2 rings (SSSR count). The normalized spacial score (nSPS) is 11.3. The minimum atomic E-state index is -0.911. The predicted molar refractivity (Wildman–Crippen MR) is 120 cm³/mol. The number of aryl methyl sites for hydroxylation is 1. The molecule has 0 aliphatic rings. The van der Waals surface area contributed by atoms with E-state index in [0.717, 1.165) is 17.5 Å². The van der Waals surface area contributed by atoms with Crippen molar-refractivity contribution in [2.75, 3.05) is 6.54 Å². The van der Waals surface area contributed by atoms with E-state index in [-0.39, 0.29) is 18.9 Å². The van der Waals surface area contributed by atoms with E-state index in [1.807, 2.05) is 42.5 Å². The zero-order valence-corrected chi connectivity index (χ0v) is 17.7. The first-order valence-corrected chi connectivity index (χ1v) is 10.6. The number of hydrogen-bond acceptors (Lipinski definition) is 3. The van der Waals surface area contributed by atoms with Crippen molar-refractivity contribution >= 4 is 11.9 Å². The van der Waals surface area contributed by atoms with Crippen molar-refractivity contribution < 1.29 is 14.3 Å². The quantitative estimate of drug-likeness (QED) is 0.326. The highest BCUT2D eigenvalue weighted by atomic mass is 16.5. The topological polar surface area (TPSA) is 55.4 Å². The van der Waals surface area contributed by atoms with Gasteiger partial charge in [0, 0.05) is 6.42 Å². The standard InChI is InChI=1S/C26H31NO3/c1-3-5-6-8-11-21-14-16-23(17-15-21)20-25(28)30-24(26(29)27-18-4-2)19-22-12-9-7-10-13-22/h2,7,9-10,12-17,24H,3,5-6,8,11,18-20H2,1H3,(H,27,29)/t24-/m0/s1. The summed E-state index contributed by atoms with van der Waals surface area (Å²) in [4.78, 5) is 24.9. The van der Waals surface area contributed by atoms with Crippen molar-refractivity contribution in [2.45, 2.75) is 58.0 Å². The van der Waals surface area contributed by atoms with Crippen LogP contribution in [0.4, 0.5) is 0 Å². The summed E-state index contributed by atoms with van der Waals surface area (Å²) in [5.41, 5.74) is 3.07. The molecule has 158 valence electrons. The maximum atomic E-state index is 12.5. The molecule has 0 saturated heterocycles. The summed E-state index contributed by atoms with van der Waals surface area (Å²) in [5.74, 6) is 1.55. The summed E-state index contributed by atoms with van der Waals surface area (Å²) in [7, 11) is 0. The first-order chi connectivity index (χ1) is 14.6. The Morgan fingerprint density at radius 1 is 0.967 bits per heavy atom. The number of unbranched alkanes of at least 4 members (excludes halogenated alkanes) is 3. The van der Waals surface area contributed by atoms with Crippen LogP contribution in [0.1, 0.15) is 49.3 Å². The van der Waals surface area contributed by atoms with Crippen LogP contribution in [0.5, 0.6) is 0 Å². The molecule has 0 bridgehead atoms. The second kappa shape index (κ2) is 13.2. The summed E-state index contributed by atoms with van der Waals surface area (Å²) >= 11 is 0. The maximum Gasteiger partial charge on any atom is 0.311 e. The molecular weight excluding hydrogens is 374 g/mol. The summed E-state index contributed by atoms with van der Waals surface area (Å²) in [6, 6.07) is 17.5.